The van der Waals surface area contributed by atoms with Gasteiger partial charge in [-0.05, 0) is 6.92 Å². The van der Waals surface area contributed by atoms with Crippen LogP contribution in [0.25, 0.3) is 0 Å². The Morgan fingerprint density at radius 2 is 2.18 bits per heavy atom. The van der Waals surface area contributed by atoms with Gasteiger partial charge in [0.25, 0.3) is 0 Å². The van der Waals surface area contributed by atoms with Crippen LogP contribution in [0.2, 0.25) is 0 Å². The summed E-state index contributed by atoms with van der Waals surface area (Å²) < 4.78 is 4.60. The maximum Gasteiger partial charge on any atom is 0.350 e. The Labute approximate surface area is 101 Å². The molecule has 0 spiro atoms. The number of amides is 1. The molecular formula is C10H10N2O4S. The van der Waals surface area contributed by atoms with Gasteiger partial charge in [-0.2, -0.15) is 0 Å². The molecule has 1 aromatic heterocycles. The van der Waals surface area contributed by atoms with Crippen LogP contribution >= 0.6 is 11.3 Å². The molecule has 1 fully saturated rings. The highest BCUT2D eigenvalue weighted by Crippen LogP contribution is 2.28. The normalized spacial score (nSPS) is 15.5. The number of carbonyl (C=O) groups is 3. The molecular weight excluding hydrogens is 244 g/mol. The minimum Gasteiger partial charge on any atom is -0.465 e. The Morgan fingerprint density at radius 3 is 2.71 bits per heavy atom. The number of ether oxygens (including phenoxy) is 1. The molecule has 1 amide bonds. The van der Waals surface area contributed by atoms with Gasteiger partial charge in [0.15, 0.2) is 10.9 Å². The number of ketones is 1. The standard InChI is InChI=1S/C10H10N2O4S/c1-5-8(9(15)16-2)17-10(11-5)12-4-6(13)3-7(12)14/h3-4H2,1-2H3. The number of hydrogen-bond acceptors (Lipinski definition) is 6. The fourth-order valence-electron chi connectivity index (χ4n) is 1.54. The molecule has 6 nitrogen and oxygen atoms in total. The molecule has 0 radical (unpaired) electrons. The van der Waals surface area contributed by atoms with Crippen LogP contribution in [-0.4, -0.2) is 36.3 Å². The Hall–Kier alpha value is -1.76. The fraction of sp³-hybridized carbons (Fsp3) is 0.400. The molecule has 0 bridgehead atoms. The fourth-order valence-corrected chi connectivity index (χ4v) is 2.54. The number of anilines is 1. The maximum absolute atomic E-state index is 11.5. The van der Waals surface area contributed by atoms with E-state index in [2.05, 4.69) is 9.72 Å². The number of hydrogen-bond donors (Lipinski definition) is 0. The lowest BCUT2D eigenvalue weighted by molar-refractivity contribution is -0.121. The second kappa shape index (κ2) is 4.25. The summed E-state index contributed by atoms with van der Waals surface area (Å²) in [6.45, 7) is 1.70. The van der Waals surface area contributed by atoms with Crippen molar-refractivity contribution in [3.05, 3.63) is 10.6 Å². The van der Waals surface area contributed by atoms with Gasteiger partial charge in [0.2, 0.25) is 5.91 Å². The molecule has 0 unspecified atom stereocenters. The van der Waals surface area contributed by atoms with Crippen molar-refractivity contribution < 1.29 is 19.1 Å². The molecule has 0 N–H and O–H groups in total. The third-order valence-corrected chi connectivity index (χ3v) is 3.53. The Bertz CT molecular complexity index is 508. The van der Waals surface area contributed by atoms with Gasteiger partial charge in [0.1, 0.15) is 4.88 Å². The van der Waals surface area contributed by atoms with Gasteiger partial charge in [0.05, 0.1) is 25.8 Å². The molecule has 0 aliphatic carbocycles. The number of esters is 1. The highest BCUT2D eigenvalue weighted by atomic mass is 32.1. The van der Waals surface area contributed by atoms with E-state index in [9.17, 15) is 14.4 Å². The Morgan fingerprint density at radius 1 is 1.47 bits per heavy atom. The summed E-state index contributed by atoms with van der Waals surface area (Å²) >= 11 is 1.06. The van der Waals surface area contributed by atoms with Gasteiger partial charge in [-0.15, -0.1) is 0 Å². The molecule has 17 heavy (non-hydrogen) atoms. The van der Waals surface area contributed by atoms with Gasteiger partial charge < -0.3 is 4.74 Å². The van der Waals surface area contributed by atoms with Gasteiger partial charge in [-0.3, -0.25) is 14.5 Å². The number of rotatable bonds is 2. The van der Waals surface area contributed by atoms with E-state index in [0.717, 1.165) is 11.3 Å². The van der Waals surface area contributed by atoms with Gasteiger partial charge >= 0.3 is 5.97 Å². The monoisotopic (exact) mass is 254 g/mol. The van der Waals surface area contributed by atoms with Gasteiger partial charge in [0, 0.05) is 0 Å². The van der Waals surface area contributed by atoms with E-state index in [1.54, 1.807) is 6.92 Å². The first kappa shape index (κ1) is 11.7. The quantitative estimate of drug-likeness (QED) is 0.569. The molecule has 0 aromatic carbocycles. The number of nitrogens with zero attached hydrogens (tertiary/aromatic N) is 2. The highest BCUT2D eigenvalue weighted by Gasteiger charge is 2.31. The van der Waals surface area contributed by atoms with Gasteiger partial charge in [-0.1, -0.05) is 11.3 Å². The molecule has 0 atom stereocenters. The first-order valence-electron chi connectivity index (χ1n) is 4.90. The van der Waals surface area contributed by atoms with E-state index in [1.165, 1.54) is 12.0 Å². The van der Waals surface area contributed by atoms with Crippen LogP contribution in [-0.2, 0) is 14.3 Å². The average molecular weight is 254 g/mol. The van der Waals surface area contributed by atoms with Crippen LogP contribution < -0.4 is 4.90 Å². The van der Waals surface area contributed by atoms with Crippen LogP contribution in [0, 0.1) is 6.92 Å². The van der Waals surface area contributed by atoms with Crippen LogP contribution in [0.3, 0.4) is 0 Å². The van der Waals surface area contributed by atoms with E-state index < -0.39 is 5.97 Å². The summed E-state index contributed by atoms with van der Waals surface area (Å²) in [6, 6.07) is 0. The van der Waals surface area contributed by atoms with E-state index in [4.69, 9.17) is 0 Å². The SMILES string of the molecule is COC(=O)c1sc(N2CC(=O)CC2=O)nc1C. The average Bonchev–Trinajstić information content (AvgIpc) is 2.80. The third-order valence-electron chi connectivity index (χ3n) is 2.37. The summed E-state index contributed by atoms with van der Waals surface area (Å²) in [6.07, 6.45) is -0.0911. The smallest absolute Gasteiger partial charge is 0.350 e. The number of thiazole rings is 1. The predicted octanol–water partition coefficient (Wildman–Crippen LogP) is 0.544. The largest absolute Gasteiger partial charge is 0.465 e. The summed E-state index contributed by atoms with van der Waals surface area (Å²) in [7, 11) is 1.28. The third kappa shape index (κ3) is 2.05. The minimum absolute atomic E-state index is 0.0341. The lowest BCUT2D eigenvalue weighted by atomic mass is 10.3. The zero-order chi connectivity index (χ0) is 12.6. The first-order chi connectivity index (χ1) is 8.02. The van der Waals surface area contributed by atoms with Crippen molar-refractivity contribution in [2.45, 2.75) is 13.3 Å². The molecule has 1 saturated heterocycles. The number of methoxy groups -OCH3 is 1. The second-order valence-electron chi connectivity index (χ2n) is 3.60. The zero-order valence-electron chi connectivity index (χ0n) is 9.35. The number of aromatic nitrogens is 1. The Kier molecular flexibility index (Phi) is 2.93. The number of aryl methyl sites for hydroxylation is 1. The molecule has 2 heterocycles. The highest BCUT2D eigenvalue weighted by molar-refractivity contribution is 7.17. The zero-order valence-corrected chi connectivity index (χ0v) is 10.2. The molecule has 1 aliphatic rings. The molecule has 7 heteroatoms. The molecule has 1 aliphatic heterocycles. The van der Waals surface area contributed by atoms with Gasteiger partial charge in [-0.25, -0.2) is 9.78 Å². The van der Waals surface area contributed by atoms with Crippen molar-refractivity contribution in [1.82, 2.24) is 4.98 Å². The molecule has 2 rings (SSSR count). The lowest BCUT2D eigenvalue weighted by Gasteiger charge is -2.08. The second-order valence-corrected chi connectivity index (χ2v) is 4.58. The molecule has 0 saturated carbocycles. The van der Waals surface area contributed by atoms with Crippen molar-refractivity contribution in [3.63, 3.8) is 0 Å². The molecule has 1 aromatic rings. The lowest BCUT2D eigenvalue weighted by Crippen LogP contribution is -2.24. The predicted molar refractivity (Wildman–Crippen MR) is 60.2 cm³/mol. The summed E-state index contributed by atoms with van der Waals surface area (Å²) in [5.41, 5.74) is 0.504. The van der Waals surface area contributed by atoms with Crippen LogP contribution in [0.1, 0.15) is 21.8 Å². The topological polar surface area (TPSA) is 76.6 Å². The van der Waals surface area contributed by atoms with E-state index in [-0.39, 0.29) is 24.7 Å². The number of carbonyl (C=O) groups excluding carboxylic acids is 3. The number of Topliss-reactive ketones (excluding diaryl/α,β-unsaturated/α-hetero) is 1. The van der Waals surface area contributed by atoms with Crippen molar-refractivity contribution in [2.24, 2.45) is 0 Å². The summed E-state index contributed by atoms with van der Waals surface area (Å²) in [5, 5.41) is 0.374. The maximum atomic E-state index is 11.5. The van der Waals surface area contributed by atoms with E-state index in [0.29, 0.717) is 15.7 Å². The molecule has 90 valence electrons. The van der Waals surface area contributed by atoms with Crippen LogP contribution in [0.15, 0.2) is 0 Å². The van der Waals surface area contributed by atoms with E-state index in [1.807, 2.05) is 0 Å². The van der Waals surface area contributed by atoms with Crippen molar-refractivity contribution in [1.29, 1.82) is 0 Å². The minimum atomic E-state index is -0.482. The van der Waals surface area contributed by atoms with Crippen molar-refractivity contribution >= 4 is 34.1 Å². The summed E-state index contributed by atoms with van der Waals surface area (Å²) in [5.74, 6) is -0.896. The van der Waals surface area contributed by atoms with E-state index >= 15 is 0 Å². The first-order valence-corrected chi connectivity index (χ1v) is 5.72. The Balaban J connectivity index is 2.32. The van der Waals surface area contributed by atoms with Crippen LogP contribution in [0.5, 0.6) is 0 Å². The van der Waals surface area contributed by atoms with Crippen LogP contribution in [0.4, 0.5) is 5.13 Å². The summed E-state index contributed by atoms with van der Waals surface area (Å²) in [4.78, 5) is 39.8. The van der Waals surface area contributed by atoms with Crippen molar-refractivity contribution in [2.75, 3.05) is 18.6 Å². The van der Waals surface area contributed by atoms with Crippen molar-refractivity contribution in [3.8, 4) is 0 Å².